The van der Waals surface area contributed by atoms with Gasteiger partial charge in [0.25, 0.3) is 5.91 Å². The Hall–Kier alpha value is -1.73. The van der Waals surface area contributed by atoms with Gasteiger partial charge in [-0.15, -0.1) is 16.4 Å². The summed E-state index contributed by atoms with van der Waals surface area (Å²) in [6.07, 6.45) is 3.54. The molecule has 7 heteroatoms. The largest absolute Gasteiger partial charge is 0.397 e. The third kappa shape index (κ3) is 2.15. The lowest BCUT2D eigenvalue weighted by Crippen LogP contribution is -2.47. The Morgan fingerprint density at radius 2 is 2.37 bits per heavy atom. The summed E-state index contributed by atoms with van der Waals surface area (Å²) >= 11 is 1.27. The number of nitrogens with two attached hydrogens (primary N) is 1. The smallest absolute Gasteiger partial charge is 0.263 e. The lowest BCUT2D eigenvalue weighted by molar-refractivity contribution is 0.0177. The minimum atomic E-state index is -0.139. The molecule has 2 aromatic heterocycles. The highest BCUT2D eigenvalue weighted by atomic mass is 32.1. The number of anilines is 1. The number of hydrogen-bond acceptors (Lipinski definition) is 6. The predicted molar refractivity (Wildman–Crippen MR) is 73.1 cm³/mol. The van der Waals surface area contributed by atoms with Crippen molar-refractivity contribution < 1.29 is 9.53 Å². The highest BCUT2D eigenvalue weighted by Gasteiger charge is 2.31. The summed E-state index contributed by atoms with van der Waals surface area (Å²) in [5.41, 5.74) is 6.47. The molecule has 0 radical (unpaired) electrons. The van der Waals surface area contributed by atoms with Crippen molar-refractivity contribution >= 4 is 33.1 Å². The molecule has 0 spiro atoms. The van der Waals surface area contributed by atoms with Crippen LogP contribution < -0.4 is 11.1 Å². The SMILES string of the molecule is COC1CC(NC(=O)c2sc3nnccc3c2N)C1. The number of nitrogens with zero attached hydrogens (tertiary/aromatic N) is 2. The van der Waals surface area contributed by atoms with Gasteiger partial charge >= 0.3 is 0 Å². The number of amides is 1. The molecular formula is C12H14N4O2S. The van der Waals surface area contributed by atoms with Gasteiger partial charge in [0.05, 0.1) is 18.0 Å². The van der Waals surface area contributed by atoms with Crippen molar-refractivity contribution in [2.45, 2.75) is 25.0 Å². The van der Waals surface area contributed by atoms with Crippen LogP contribution in [-0.2, 0) is 4.74 Å². The molecule has 0 bridgehead atoms. The number of fused-ring (bicyclic) bond motifs is 1. The first-order valence-electron chi connectivity index (χ1n) is 6.02. The van der Waals surface area contributed by atoms with Gasteiger partial charge in [-0.3, -0.25) is 4.79 Å². The van der Waals surface area contributed by atoms with Crippen molar-refractivity contribution in [1.82, 2.24) is 15.5 Å². The molecular weight excluding hydrogens is 264 g/mol. The number of ether oxygens (including phenoxy) is 1. The normalized spacial score (nSPS) is 22.2. The Morgan fingerprint density at radius 1 is 1.58 bits per heavy atom. The van der Waals surface area contributed by atoms with E-state index in [1.54, 1.807) is 19.4 Å². The number of nitrogen functional groups attached to an aromatic ring is 1. The molecule has 2 heterocycles. The molecule has 1 saturated carbocycles. The van der Waals surface area contributed by atoms with Crippen LogP contribution in [0.3, 0.4) is 0 Å². The van der Waals surface area contributed by atoms with E-state index in [-0.39, 0.29) is 18.1 Å². The Morgan fingerprint density at radius 3 is 3.05 bits per heavy atom. The Balaban J connectivity index is 1.77. The van der Waals surface area contributed by atoms with Crippen LogP contribution in [-0.4, -0.2) is 35.4 Å². The first-order valence-corrected chi connectivity index (χ1v) is 6.84. The molecule has 100 valence electrons. The minimum Gasteiger partial charge on any atom is -0.397 e. The van der Waals surface area contributed by atoms with Crippen molar-refractivity contribution in [2.75, 3.05) is 12.8 Å². The number of carbonyl (C=O) groups excluding carboxylic acids is 1. The first-order chi connectivity index (χ1) is 9.19. The predicted octanol–water partition coefficient (Wildman–Crippen LogP) is 1.18. The molecule has 0 saturated heterocycles. The van der Waals surface area contributed by atoms with Gasteiger partial charge in [-0.2, -0.15) is 5.10 Å². The number of nitrogens with one attached hydrogen (secondary N) is 1. The molecule has 1 fully saturated rings. The van der Waals surface area contributed by atoms with Crippen LogP contribution in [0, 0.1) is 0 Å². The van der Waals surface area contributed by atoms with E-state index >= 15 is 0 Å². The maximum absolute atomic E-state index is 12.2. The van der Waals surface area contributed by atoms with E-state index in [1.807, 2.05) is 0 Å². The van der Waals surface area contributed by atoms with Crippen molar-refractivity contribution in [2.24, 2.45) is 0 Å². The lowest BCUT2D eigenvalue weighted by atomic mass is 9.89. The third-order valence-corrected chi connectivity index (χ3v) is 4.49. The van der Waals surface area contributed by atoms with Gasteiger partial charge in [0.1, 0.15) is 9.71 Å². The number of carbonyl (C=O) groups is 1. The second-order valence-corrected chi connectivity index (χ2v) is 5.59. The minimum absolute atomic E-state index is 0.139. The van der Waals surface area contributed by atoms with Gasteiger partial charge in [0, 0.05) is 18.5 Å². The van der Waals surface area contributed by atoms with Crippen molar-refractivity contribution in [3.05, 3.63) is 17.1 Å². The topological polar surface area (TPSA) is 90.1 Å². The van der Waals surface area contributed by atoms with Gasteiger partial charge < -0.3 is 15.8 Å². The molecule has 6 nitrogen and oxygen atoms in total. The summed E-state index contributed by atoms with van der Waals surface area (Å²) < 4.78 is 5.18. The second-order valence-electron chi connectivity index (χ2n) is 4.59. The van der Waals surface area contributed by atoms with Gasteiger partial charge in [-0.1, -0.05) is 0 Å². The summed E-state index contributed by atoms with van der Waals surface area (Å²) in [5.74, 6) is -0.139. The maximum Gasteiger partial charge on any atom is 0.263 e. The average Bonchev–Trinajstić information content (AvgIpc) is 2.71. The van der Waals surface area contributed by atoms with Crippen LogP contribution in [0.1, 0.15) is 22.5 Å². The number of methoxy groups -OCH3 is 1. The fraction of sp³-hybridized carbons (Fsp3) is 0.417. The Bertz CT molecular complexity index is 621. The summed E-state index contributed by atoms with van der Waals surface area (Å²) in [5, 5.41) is 11.5. The van der Waals surface area contributed by atoms with Crippen LogP contribution in [0.5, 0.6) is 0 Å². The summed E-state index contributed by atoms with van der Waals surface area (Å²) in [6, 6.07) is 1.95. The number of thiophene rings is 1. The summed E-state index contributed by atoms with van der Waals surface area (Å²) in [6.45, 7) is 0. The third-order valence-electron chi connectivity index (χ3n) is 3.39. The van der Waals surface area contributed by atoms with E-state index < -0.39 is 0 Å². The number of rotatable bonds is 3. The van der Waals surface area contributed by atoms with Crippen molar-refractivity contribution in [3.63, 3.8) is 0 Å². The fourth-order valence-corrected chi connectivity index (χ4v) is 3.11. The molecule has 1 aliphatic carbocycles. The van der Waals surface area contributed by atoms with Crippen LogP contribution in [0.4, 0.5) is 5.69 Å². The summed E-state index contributed by atoms with van der Waals surface area (Å²) in [7, 11) is 1.69. The molecule has 0 aliphatic heterocycles. The number of aromatic nitrogens is 2. The molecule has 0 aromatic carbocycles. The van der Waals surface area contributed by atoms with E-state index in [2.05, 4.69) is 15.5 Å². The summed E-state index contributed by atoms with van der Waals surface area (Å²) in [4.78, 5) is 13.4. The maximum atomic E-state index is 12.2. The molecule has 0 unspecified atom stereocenters. The van der Waals surface area contributed by atoms with E-state index in [0.717, 1.165) is 18.2 Å². The van der Waals surface area contributed by atoms with Crippen LogP contribution in [0.15, 0.2) is 12.3 Å². The van der Waals surface area contributed by atoms with Crippen LogP contribution in [0.25, 0.3) is 10.2 Å². The van der Waals surface area contributed by atoms with Crippen molar-refractivity contribution in [3.8, 4) is 0 Å². The van der Waals surface area contributed by atoms with Gasteiger partial charge in [-0.25, -0.2) is 0 Å². The van der Waals surface area contributed by atoms with Crippen molar-refractivity contribution in [1.29, 1.82) is 0 Å². The first kappa shape index (κ1) is 12.3. The standard InChI is InChI=1S/C12H14N4O2S/c1-18-7-4-6(5-7)15-11(17)10-9(13)8-2-3-14-16-12(8)19-10/h2-3,6-7H,4-5,13H2,1H3,(H,15,17). The van der Waals surface area contributed by atoms with E-state index in [4.69, 9.17) is 10.5 Å². The van der Waals surface area contributed by atoms with E-state index in [0.29, 0.717) is 15.4 Å². The molecule has 19 heavy (non-hydrogen) atoms. The molecule has 3 rings (SSSR count). The zero-order valence-corrected chi connectivity index (χ0v) is 11.2. The van der Waals surface area contributed by atoms with Gasteiger partial charge in [0.2, 0.25) is 0 Å². The van der Waals surface area contributed by atoms with Crippen LogP contribution in [0.2, 0.25) is 0 Å². The number of hydrogen-bond donors (Lipinski definition) is 2. The van der Waals surface area contributed by atoms with E-state index in [9.17, 15) is 4.79 Å². The molecule has 1 aliphatic rings. The molecule has 1 amide bonds. The second kappa shape index (κ2) is 4.75. The zero-order valence-electron chi connectivity index (χ0n) is 10.4. The Labute approximate surface area is 114 Å². The van der Waals surface area contributed by atoms with E-state index in [1.165, 1.54) is 11.3 Å². The highest BCUT2D eigenvalue weighted by molar-refractivity contribution is 7.21. The lowest BCUT2D eigenvalue weighted by Gasteiger charge is -2.34. The van der Waals surface area contributed by atoms with Crippen LogP contribution >= 0.6 is 11.3 Å². The monoisotopic (exact) mass is 278 g/mol. The average molecular weight is 278 g/mol. The highest BCUT2D eigenvalue weighted by Crippen LogP contribution is 2.32. The molecule has 2 aromatic rings. The Kier molecular flexibility index (Phi) is 3.08. The quantitative estimate of drug-likeness (QED) is 0.880. The molecule has 3 N–H and O–H groups in total. The zero-order chi connectivity index (χ0) is 13.4. The fourth-order valence-electron chi connectivity index (χ4n) is 2.17. The molecule has 0 atom stereocenters. The van der Waals surface area contributed by atoms with Gasteiger partial charge in [-0.05, 0) is 18.9 Å². The van der Waals surface area contributed by atoms with Gasteiger partial charge in [0.15, 0.2) is 0 Å².